The predicted molar refractivity (Wildman–Crippen MR) is 80.3 cm³/mol. The standard InChI is InChI=1S/C15H21N3O3/c1-12(2)11-16-6-8-17(9-7-16)15(19)13-4-3-5-14(10-13)18(20)21/h3-5,10,12H,6-9,11H2,1-2H3. The molecule has 0 aliphatic carbocycles. The highest BCUT2D eigenvalue weighted by atomic mass is 16.6. The summed E-state index contributed by atoms with van der Waals surface area (Å²) < 4.78 is 0. The van der Waals surface area contributed by atoms with Crippen LogP contribution in [0.3, 0.4) is 0 Å². The van der Waals surface area contributed by atoms with Gasteiger partial charge in [-0.3, -0.25) is 19.8 Å². The SMILES string of the molecule is CC(C)CN1CCN(C(=O)c2cccc([N+](=O)[O-])c2)CC1. The van der Waals surface area contributed by atoms with Gasteiger partial charge < -0.3 is 4.90 Å². The maximum atomic E-state index is 12.4. The van der Waals surface area contributed by atoms with Gasteiger partial charge in [0.1, 0.15) is 0 Å². The summed E-state index contributed by atoms with van der Waals surface area (Å²) in [6, 6.07) is 5.94. The molecule has 1 aromatic rings. The molecular formula is C15H21N3O3. The van der Waals surface area contributed by atoms with E-state index in [1.807, 2.05) is 0 Å². The van der Waals surface area contributed by atoms with Crippen LogP contribution in [0, 0.1) is 16.0 Å². The third kappa shape index (κ3) is 4.01. The lowest BCUT2D eigenvalue weighted by Gasteiger charge is -2.35. The van der Waals surface area contributed by atoms with Crippen LogP contribution < -0.4 is 0 Å². The van der Waals surface area contributed by atoms with Crippen molar-refractivity contribution in [2.24, 2.45) is 5.92 Å². The van der Waals surface area contributed by atoms with Gasteiger partial charge in [-0.2, -0.15) is 0 Å². The monoisotopic (exact) mass is 291 g/mol. The Balaban J connectivity index is 1.99. The fourth-order valence-corrected chi connectivity index (χ4v) is 2.59. The molecule has 1 saturated heterocycles. The summed E-state index contributed by atoms with van der Waals surface area (Å²) in [6.07, 6.45) is 0. The van der Waals surface area contributed by atoms with Gasteiger partial charge in [0.05, 0.1) is 4.92 Å². The number of hydrogen-bond donors (Lipinski definition) is 0. The Hall–Kier alpha value is -1.95. The lowest BCUT2D eigenvalue weighted by atomic mass is 10.1. The molecule has 114 valence electrons. The molecule has 0 saturated carbocycles. The van der Waals surface area contributed by atoms with E-state index in [-0.39, 0.29) is 11.6 Å². The molecule has 2 rings (SSSR count). The van der Waals surface area contributed by atoms with Crippen LogP contribution in [0.2, 0.25) is 0 Å². The molecule has 6 nitrogen and oxygen atoms in total. The van der Waals surface area contributed by atoms with Crippen LogP contribution in [0.15, 0.2) is 24.3 Å². The van der Waals surface area contributed by atoms with E-state index in [9.17, 15) is 14.9 Å². The summed E-state index contributed by atoms with van der Waals surface area (Å²) >= 11 is 0. The topological polar surface area (TPSA) is 66.7 Å². The summed E-state index contributed by atoms with van der Waals surface area (Å²) in [5.41, 5.74) is 0.348. The van der Waals surface area contributed by atoms with Crippen LogP contribution >= 0.6 is 0 Å². The highest BCUT2D eigenvalue weighted by Crippen LogP contribution is 2.16. The first-order valence-corrected chi connectivity index (χ1v) is 7.23. The lowest BCUT2D eigenvalue weighted by molar-refractivity contribution is -0.384. The number of carbonyl (C=O) groups is 1. The molecule has 1 heterocycles. The van der Waals surface area contributed by atoms with Crippen molar-refractivity contribution in [3.8, 4) is 0 Å². The van der Waals surface area contributed by atoms with E-state index < -0.39 is 4.92 Å². The van der Waals surface area contributed by atoms with Crippen molar-refractivity contribution in [1.29, 1.82) is 0 Å². The molecular weight excluding hydrogens is 270 g/mol. The molecule has 1 fully saturated rings. The summed E-state index contributed by atoms with van der Waals surface area (Å²) in [6.45, 7) is 8.47. The normalized spacial score (nSPS) is 16.2. The smallest absolute Gasteiger partial charge is 0.270 e. The van der Waals surface area contributed by atoms with E-state index in [1.165, 1.54) is 12.1 Å². The number of carbonyl (C=O) groups excluding carboxylic acids is 1. The maximum Gasteiger partial charge on any atom is 0.270 e. The van der Waals surface area contributed by atoms with Gasteiger partial charge in [0.15, 0.2) is 0 Å². The second-order valence-electron chi connectivity index (χ2n) is 5.79. The van der Waals surface area contributed by atoms with Crippen LogP contribution in [-0.4, -0.2) is 53.4 Å². The van der Waals surface area contributed by atoms with Gasteiger partial charge in [-0.1, -0.05) is 19.9 Å². The van der Waals surface area contributed by atoms with Crippen LogP contribution in [0.4, 0.5) is 5.69 Å². The first-order valence-electron chi connectivity index (χ1n) is 7.23. The van der Waals surface area contributed by atoms with Crippen molar-refractivity contribution in [2.45, 2.75) is 13.8 Å². The van der Waals surface area contributed by atoms with Crippen molar-refractivity contribution in [2.75, 3.05) is 32.7 Å². The number of nitro groups is 1. The number of amides is 1. The molecule has 0 radical (unpaired) electrons. The minimum Gasteiger partial charge on any atom is -0.336 e. The number of benzene rings is 1. The van der Waals surface area contributed by atoms with Crippen LogP contribution in [0.1, 0.15) is 24.2 Å². The Morgan fingerprint density at radius 3 is 2.52 bits per heavy atom. The van der Waals surface area contributed by atoms with Gasteiger partial charge in [-0.05, 0) is 12.0 Å². The molecule has 0 bridgehead atoms. The number of rotatable bonds is 4. The fraction of sp³-hybridized carbons (Fsp3) is 0.533. The Morgan fingerprint density at radius 2 is 1.95 bits per heavy atom. The largest absolute Gasteiger partial charge is 0.336 e. The van der Waals surface area contributed by atoms with E-state index in [2.05, 4.69) is 18.7 Å². The van der Waals surface area contributed by atoms with Crippen molar-refractivity contribution in [1.82, 2.24) is 9.80 Å². The molecule has 21 heavy (non-hydrogen) atoms. The van der Waals surface area contributed by atoms with Crippen molar-refractivity contribution >= 4 is 11.6 Å². The molecule has 0 unspecified atom stereocenters. The van der Waals surface area contributed by atoms with Crippen molar-refractivity contribution in [3.05, 3.63) is 39.9 Å². The second-order valence-corrected chi connectivity index (χ2v) is 5.79. The molecule has 0 spiro atoms. The van der Waals surface area contributed by atoms with Crippen molar-refractivity contribution < 1.29 is 9.72 Å². The summed E-state index contributed by atoms with van der Waals surface area (Å²) in [4.78, 5) is 26.8. The molecule has 0 atom stereocenters. The molecule has 0 aromatic heterocycles. The summed E-state index contributed by atoms with van der Waals surface area (Å²) in [5, 5.41) is 10.8. The number of piperazine rings is 1. The molecule has 0 N–H and O–H groups in total. The van der Waals surface area contributed by atoms with Gasteiger partial charge in [0.2, 0.25) is 0 Å². The van der Waals surface area contributed by atoms with Gasteiger partial charge >= 0.3 is 0 Å². The van der Waals surface area contributed by atoms with Crippen LogP contribution in [0.5, 0.6) is 0 Å². The Kier molecular flexibility index (Phi) is 4.90. The molecule has 1 aliphatic heterocycles. The first kappa shape index (κ1) is 15.4. The maximum absolute atomic E-state index is 12.4. The van der Waals surface area contributed by atoms with Gasteiger partial charge in [-0.15, -0.1) is 0 Å². The number of nitro benzene ring substituents is 1. The Morgan fingerprint density at radius 1 is 1.29 bits per heavy atom. The lowest BCUT2D eigenvalue weighted by Crippen LogP contribution is -2.49. The number of hydrogen-bond acceptors (Lipinski definition) is 4. The van der Waals surface area contributed by atoms with Crippen molar-refractivity contribution in [3.63, 3.8) is 0 Å². The predicted octanol–water partition coefficient (Wildman–Crippen LogP) is 2.01. The fourth-order valence-electron chi connectivity index (χ4n) is 2.59. The molecule has 6 heteroatoms. The zero-order valence-electron chi connectivity index (χ0n) is 12.5. The van der Waals surface area contributed by atoms with E-state index in [0.717, 1.165) is 19.6 Å². The van der Waals surface area contributed by atoms with E-state index in [4.69, 9.17) is 0 Å². The van der Waals surface area contributed by atoms with Crippen LogP contribution in [0.25, 0.3) is 0 Å². The highest BCUT2D eigenvalue weighted by Gasteiger charge is 2.23. The quantitative estimate of drug-likeness (QED) is 0.628. The molecule has 1 aromatic carbocycles. The Labute approximate surface area is 124 Å². The van der Waals surface area contributed by atoms with Gasteiger partial charge in [0.25, 0.3) is 11.6 Å². The summed E-state index contributed by atoms with van der Waals surface area (Å²) in [5.74, 6) is 0.493. The van der Waals surface area contributed by atoms with E-state index in [0.29, 0.717) is 24.6 Å². The third-order valence-electron chi connectivity index (χ3n) is 3.59. The molecule has 1 amide bonds. The number of non-ortho nitro benzene ring substituents is 1. The second kappa shape index (κ2) is 6.67. The average Bonchev–Trinajstić information content (AvgIpc) is 2.47. The highest BCUT2D eigenvalue weighted by molar-refractivity contribution is 5.94. The zero-order valence-corrected chi connectivity index (χ0v) is 12.5. The third-order valence-corrected chi connectivity index (χ3v) is 3.59. The van der Waals surface area contributed by atoms with E-state index >= 15 is 0 Å². The van der Waals surface area contributed by atoms with Crippen LogP contribution in [-0.2, 0) is 0 Å². The van der Waals surface area contributed by atoms with Gasteiger partial charge in [0, 0.05) is 50.4 Å². The minimum atomic E-state index is -0.475. The van der Waals surface area contributed by atoms with E-state index in [1.54, 1.807) is 17.0 Å². The zero-order chi connectivity index (χ0) is 15.4. The van der Waals surface area contributed by atoms with Gasteiger partial charge in [-0.25, -0.2) is 0 Å². The average molecular weight is 291 g/mol. The first-order chi connectivity index (χ1) is 9.97. The minimum absolute atomic E-state index is 0.0423. The molecule has 1 aliphatic rings. The Bertz CT molecular complexity index is 523. The summed E-state index contributed by atoms with van der Waals surface area (Å²) in [7, 11) is 0. The number of nitrogens with zero attached hydrogens (tertiary/aromatic N) is 3.